The van der Waals surface area contributed by atoms with Crippen LogP contribution in [-0.4, -0.2) is 60.7 Å². The number of likely N-dealkylation sites (N-methyl/N-ethyl adjacent to an activating group) is 1. The predicted molar refractivity (Wildman–Crippen MR) is 97.5 cm³/mol. The van der Waals surface area contributed by atoms with Crippen molar-refractivity contribution < 1.29 is 18.3 Å². The lowest BCUT2D eigenvalue weighted by Crippen LogP contribution is -2.45. The summed E-state index contributed by atoms with van der Waals surface area (Å²) in [6, 6.07) is 5.20. The summed E-state index contributed by atoms with van der Waals surface area (Å²) in [6.45, 7) is 0.659. The lowest BCUT2D eigenvalue weighted by molar-refractivity contribution is -0.0497. The average Bonchev–Trinajstić information content (AvgIpc) is 2.63. The van der Waals surface area contributed by atoms with Crippen molar-refractivity contribution in [1.29, 1.82) is 0 Å². The van der Waals surface area contributed by atoms with Gasteiger partial charge < -0.3 is 25.2 Å². The quantitative estimate of drug-likeness (QED) is 0.832. The number of benzene rings is 1. The second-order valence-electron chi connectivity index (χ2n) is 6.05. The number of piperazine rings is 1. The van der Waals surface area contributed by atoms with Crippen molar-refractivity contribution in [3.63, 3.8) is 0 Å². The molecule has 0 bridgehead atoms. The van der Waals surface area contributed by atoms with Crippen LogP contribution in [0.1, 0.15) is 0 Å². The largest absolute Gasteiger partial charge is 0.435 e. The van der Waals surface area contributed by atoms with Crippen LogP contribution in [0.2, 0.25) is 0 Å². The summed E-state index contributed by atoms with van der Waals surface area (Å²) in [5, 5.41) is 5.14. The highest BCUT2D eigenvalue weighted by atomic mass is 19.3. The third-order valence-electron chi connectivity index (χ3n) is 4.00. The molecule has 1 aromatic carbocycles. The highest BCUT2D eigenvalue weighted by Gasteiger charge is 2.16. The van der Waals surface area contributed by atoms with Crippen molar-refractivity contribution in [2.24, 2.45) is 0 Å². The Morgan fingerprint density at radius 3 is 2.44 bits per heavy atom. The van der Waals surface area contributed by atoms with Crippen molar-refractivity contribution >= 4 is 23.4 Å². The van der Waals surface area contributed by atoms with Gasteiger partial charge in [0.1, 0.15) is 5.75 Å². The zero-order valence-electron chi connectivity index (χ0n) is 14.7. The molecule has 2 N–H and O–H groups in total. The van der Waals surface area contributed by atoms with Crippen LogP contribution < -0.4 is 20.3 Å². The van der Waals surface area contributed by atoms with Gasteiger partial charge in [0.15, 0.2) is 0 Å². The SMILES string of the molecule is CN1CCN(c2ncc(NC(=O)Nc3cccc(OC(F)F)c3)cn2)CC1. The normalized spacial score (nSPS) is 14.9. The van der Waals surface area contributed by atoms with E-state index in [1.807, 2.05) is 0 Å². The van der Waals surface area contributed by atoms with Gasteiger partial charge in [0, 0.05) is 37.9 Å². The molecule has 0 saturated carbocycles. The number of halogens is 2. The first-order chi connectivity index (χ1) is 13.0. The van der Waals surface area contributed by atoms with E-state index >= 15 is 0 Å². The third kappa shape index (κ3) is 5.48. The molecule has 1 aliphatic heterocycles. The smallest absolute Gasteiger partial charge is 0.387 e. The van der Waals surface area contributed by atoms with E-state index in [0.717, 1.165) is 26.2 Å². The molecule has 1 aromatic heterocycles. The van der Waals surface area contributed by atoms with E-state index in [4.69, 9.17) is 0 Å². The monoisotopic (exact) mass is 378 g/mol. The number of aromatic nitrogens is 2. The maximum Gasteiger partial charge on any atom is 0.387 e. The molecule has 1 saturated heterocycles. The van der Waals surface area contributed by atoms with Crippen LogP contribution in [0.15, 0.2) is 36.7 Å². The number of amides is 2. The van der Waals surface area contributed by atoms with Gasteiger partial charge in [-0.3, -0.25) is 0 Å². The first-order valence-electron chi connectivity index (χ1n) is 8.38. The third-order valence-corrected chi connectivity index (χ3v) is 4.00. The summed E-state index contributed by atoms with van der Waals surface area (Å²) in [6.07, 6.45) is 3.05. The molecule has 2 amide bonds. The lowest BCUT2D eigenvalue weighted by atomic mass is 10.3. The Balaban J connectivity index is 1.55. The van der Waals surface area contributed by atoms with E-state index in [-0.39, 0.29) is 5.75 Å². The maximum atomic E-state index is 12.2. The molecule has 10 heteroatoms. The van der Waals surface area contributed by atoms with Gasteiger partial charge in [-0.15, -0.1) is 0 Å². The predicted octanol–water partition coefficient (Wildman–Crippen LogP) is 2.47. The summed E-state index contributed by atoms with van der Waals surface area (Å²) in [4.78, 5) is 24.9. The second-order valence-corrected chi connectivity index (χ2v) is 6.05. The molecular formula is C17H20F2N6O2. The molecule has 3 rings (SSSR count). The Bertz CT molecular complexity index is 766. The Labute approximate surface area is 155 Å². The van der Waals surface area contributed by atoms with Gasteiger partial charge in [-0.05, 0) is 19.2 Å². The number of hydrogen-bond acceptors (Lipinski definition) is 6. The fraction of sp³-hybridized carbons (Fsp3) is 0.353. The molecule has 2 aromatic rings. The Morgan fingerprint density at radius 2 is 1.78 bits per heavy atom. The van der Waals surface area contributed by atoms with Gasteiger partial charge in [0.25, 0.3) is 0 Å². The standard InChI is InChI=1S/C17H20F2N6O2/c1-24-5-7-25(8-6-24)16-20-10-13(11-21-16)23-17(26)22-12-3-2-4-14(9-12)27-15(18)19/h2-4,9-11,15H,5-8H2,1H3,(H2,22,23,26). The van der Waals surface area contributed by atoms with Crippen molar-refractivity contribution in [1.82, 2.24) is 14.9 Å². The molecule has 0 aliphatic carbocycles. The van der Waals surface area contributed by atoms with Gasteiger partial charge in [-0.25, -0.2) is 14.8 Å². The molecule has 0 unspecified atom stereocenters. The molecular weight excluding hydrogens is 358 g/mol. The topological polar surface area (TPSA) is 82.6 Å². The van der Waals surface area contributed by atoms with Crippen molar-refractivity contribution in [3.05, 3.63) is 36.7 Å². The molecule has 8 nitrogen and oxygen atoms in total. The fourth-order valence-electron chi connectivity index (χ4n) is 2.60. The Kier molecular flexibility index (Phi) is 5.97. The summed E-state index contributed by atoms with van der Waals surface area (Å²) in [7, 11) is 2.07. The van der Waals surface area contributed by atoms with Crippen LogP contribution in [0, 0.1) is 0 Å². The molecule has 27 heavy (non-hydrogen) atoms. The van der Waals surface area contributed by atoms with E-state index in [1.54, 1.807) is 6.07 Å². The second kappa shape index (κ2) is 8.58. The summed E-state index contributed by atoms with van der Waals surface area (Å²) in [5.74, 6) is 0.577. The number of carbonyl (C=O) groups excluding carboxylic acids is 1. The highest BCUT2D eigenvalue weighted by molar-refractivity contribution is 5.99. The molecule has 0 radical (unpaired) electrons. The first-order valence-corrected chi connectivity index (χ1v) is 8.38. The number of nitrogens with zero attached hydrogens (tertiary/aromatic N) is 4. The summed E-state index contributed by atoms with van der Waals surface area (Å²) in [5.41, 5.74) is 0.742. The van der Waals surface area contributed by atoms with Crippen molar-refractivity contribution in [2.75, 3.05) is 48.8 Å². The molecule has 0 atom stereocenters. The molecule has 1 aliphatic rings. The van der Waals surface area contributed by atoms with Crippen molar-refractivity contribution in [3.8, 4) is 5.75 Å². The lowest BCUT2D eigenvalue weighted by Gasteiger charge is -2.32. The number of anilines is 3. The first kappa shape index (κ1) is 18.8. The number of ether oxygens (including phenoxy) is 1. The maximum absolute atomic E-state index is 12.2. The number of nitrogens with one attached hydrogen (secondary N) is 2. The molecule has 1 fully saturated rings. The van der Waals surface area contributed by atoms with Crippen molar-refractivity contribution in [2.45, 2.75) is 6.61 Å². The van der Waals surface area contributed by atoms with Crippen LogP contribution in [-0.2, 0) is 0 Å². The minimum atomic E-state index is -2.93. The molecule has 144 valence electrons. The van der Waals surface area contributed by atoms with Gasteiger partial charge in [-0.2, -0.15) is 8.78 Å². The van der Waals surface area contributed by atoms with E-state index in [2.05, 4.69) is 42.2 Å². The van der Waals surface area contributed by atoms with Crippen LogP contribution >= 0.6 is 0 Å². The Hall–Kier alpha value is -3.01. The van der Waals surface area contributed by atoms with Crippen LogP contribution in [0.4, 0.5) is 30.9 Å². The van der Waals surface area contributed by atoms with Crippen LogP contribution in [0.3, 0.4) is 0 Å². The van der Waals surface area contributed by atoms with Gasteiger partial charge >= 0.3 is 12.6 Å². The summed E-state index contributed by atoms with van der Waals surface area (Å²) >= 11 is 0. The number of hydrogen-bond donors (Lipinski definition) is 2. The van der Waals surface area contributed by atoms with Crippen LogP contribution in [0.25, 0.3) is 0 Å². The number of carbonyl (C=O) groups is 1. The average molecular weight is 378 g/mol. The molecule has 0 spiro atoms. The number of urea groups is 1. The minimum absolute atomic E-state index is 0.0392. The van der Waals surface area contributed by atoms with E-state index in [1.165, 1.54) is 30.6 Å². The Morgan fingerprint density at radius 1 is 1.11 bits per heavy atom. The molecule has 2 heterocycles. The summed E-state index contributed by atoms with van der Waals surface area (Å²) < 4.78 is 28.8. The van der Waals surface area contributed by atoms with Gasteiger partial charge in [0.2, 0.25) is 5.95 Å². The zero-order chi connectivity index (χ0) is 19.2. The fourth-order valence-corrected chi connectivity index (χ4v) is 2.60. The van der Waals surface area contributed by atoms with Gasteiger partial charge in [0.05, 0.1) is 18.1 Å². The van der Waals surface area contributed by atoms with Gasteiger partial charge in [-0.1, -0.05) is 6.07 Å². The van der Waals surface area contributed by atoms with E-state index < -0.39 is 12.6 Å². The minimum Gasteiger partial charge on any atom is -0.435 e. The van der Waals surface area contributed by atoms with E-state index in [0.29, 0.717) is 17.3 Å². The van der Waals surface area contributed by atoms with E-state index in [9.17, 15) is 13.6 Å². The highest BCUT2D eigenvalue weighted by Crippen LogP contribution is 2.19. The number of rotatable bonds is 5. The number of alkyl halides is 2. The van der Waals surface area contributed by atoms with Crippen LogP contribution in [0.5, 0.6) is 5.75 Å². The zero-order valence-corrected chi connectivity index (χ0v) is 14.7.